The number of rotatable bonds is 5. The molecule has 1 aromatic carbocycles. The maximum absolute atomic E-state index is 11.4. The van der Waals surface area contributed by atoms with Gasteiger partial charge in [0.15, 0.2) is 0 Å². The third kappa shape index (κ3) is 4.42. The number of sulfonamides is 1. The molecule has 132 valence electrons. The number of benzene rings is 1. The SMILES string of the molecule is CC(=O)NCC1CCN(c2ccc(S(N)(=O)=O)cc2[N+](=O)[O-])CC1. The summed E-state index contributed by atoms with van der Waals surface area (Å²) >= 11 is 0. The minimum atomic E-state index is -3.99. The number of carbonyl (C=O) groups is 1. The Hall–Kier alpha value is -2.20. The highest BCUT2D eigenvalue weighted by atomic mass is 32.2. The predicted molar refractivity (Wildman–Crippen MR) is 88.1 cm³/mol. The number of nitrogens with zero attached hydrogens (tertiary/aromatic N) is 2. The molecule has 0 spiro atoms. The number of hydrogen-bond donors (Lipinski definition) is 2. The average molecular weight is 356 g/mol. The topological polar surface area (TPSA) is 136 Å². The van der Waals surface area contributed by atoms with Crippen LogP contribution in [0.15, 0.2) is 23.1 Å². The van der Waals surface area contributed by atoms with Crippen molar-refractivity contribution in [2.24, 2.45) is 11.1 Å². The number of nitro benzene ring substituents is 1. The second kappa shape index (κ2) is 7.14. The van der Waals surface area contributed by atoms with E-state index in [0.717, 1.165) is 18.9 Å². The second-order valence-corrected chi connectivity index (χ2v) is 7.38. The third-order valence-electron chi connectivity index (χ3n) is 4.07. The number of nitrogens with two attached hydrogens (primary N) is 1. The Morgan fingerprint density at radius 2 is 2.04 bits per heavy atom. The number of amides is 1. The molecule has 0 aliphatic carbocycles. The fourth-order valence-corrected chi connectivity index (χ4v) is 3.29. The molecule has 2 rings (SSSR count). The van der Waals surface area contributed by atoms with E-state index in [-0.39, 0.29) is 16.5 Å². The molecule has 1 aliphatic rings. The first-order valence-corrected chi connectivity index (χ1v) is 9.03. The number of nitro groups is 1. The number of carbonyl (C=O) groups excluding carboxylic acids is 1. The monoisotopic (exact) mass is 356 g/mol. The molecule has 1 aliphatic heterocycles. The van der Waals surface area contributed by atoms with Gasteiger partial charge in [-0.1, -0.05) is 0 Å². The van der Waals surface area contributed by atoms with Crippen LogP contribution in [-0.4, -0.2) is 38.9 Å². The van der Waals surface area contributed by atoms with E-state index < -0.39 is 14.9 Å². The van der Waals surface area contributed by atoms with Crippen LogP contribution in [0.25, 0.3) is 0 Å². The van der Waals surface area contributed by atoms with Crippen LogP contribution in [0.2, 0.25) is 0 Å². The van der Waals surface area contributed by atoms with Gasteiger partial charge in [-0.25, -0.2) is 13.6 Å². The largest absolute Gasteiger partial charge is 0.366 e. The molecule has 0 bridgehead atoms. The zero-order valence-corrected chi connectivity index (χ0v) is 14.1. The van der Waals surface area contributed by atoms with Crippen molar-refractivity contribution in [2.45, 2.75) is 24.7 Å². The Morgan fingerprint density at radius 1 is 1.42 bits per heavy atom. The number of hydrogen-bond acceptors (Lipinski definition) is 6. The summed E-state index contributed by atoms with van der Waals surface area (Å²) in [6.07, 6.45) is 1.57. The van der Waals surface area contributed by atoms with Gasteiger partial charge < -0.3 is 10.2 Å². The van der Waals surface area contributed by atoms with Crippen molar-refractivity contribution in [3.8, 4) is 0 Å². The minimum Gasteiger partial charge on any atom is -0.366 e. The molecule has 1 aromatic rings. The van der Waals surface area contributed by atoms with Gasteiger partial charge in [-0.2, -0.15) is 0 Å². The maximum Gasteiger partial charge on any atom is 0.293 e. The van der Waals surface area contributed by atoms with Crippen LogP contribution in [0.5, 0.6) is 0 Å². The highest BCUT2D eigenvalue weighted by Crippen LogP contribution is 2.33. The van der Waals surface area contributed by atoms with Crippen LogP contribution in [0.3, 0.4) is 0 Å². The summed E-state index contributed by atoms with van der Waals surface area (Å²) < 4.78 is 22.7. The smallest absolute Gasteiger partial charge is 0.293 e. The van der Waals surface area contributed by atoms with Gasteiger partial charge in [0.2, 0.25) is 15.9 Å². The van der Waals surface area contributed by atoms with Gasteiger partial charge in [0, 0.05) is 32.6 Å². The van der Waals surface area contributed by atoms with Crippen molar-refractivity contribution in [3.05, 3.63) is 28.3 Å². The van der Waals surface area contributed by atoms with Crippen molar-refractivity contribution < 1.29 is 18.1 Å². The number of nitrogens with one attached hydrogen (secondary N) is 1. The molecule has 1 heterocycles. The maximum atomic E-state index is 11.4. The first kappa shape index (κ1) is 18.1. The molecular formula is C14H20N4O5S. The van der Waals surface area contributed by atoms with Crippen molar-refractivity contribution in [1.82, 2.24) is 5.32 Å². The molecule has 24 heavy (non-hydrogen) atoms. The third-order valence-corrected chi connectivity index (χ3v) is 4.98. The fourth-order valence-electron chi connectivity index (χ4n) is 2.76. The summed E-state index contributed by atoms with van der Waals surface area (Å²) in [5.41, 5.74) is 0.104. The first-order valence-electron chi connectivity index (χ1n) is 7.49. The summed E-state index contributed by atoms with van der Waals surface area (Å²) in [6, 6.07) is 3.70. The van der Waals surface area contributed by atoms with Crippen LogP contribution in [0, 0.1) is 16.0 Å². The van der Waals surface area contributed by atoms with E-state index in [9.17, 15) is 23.3 Å². The van der Waals surface area contributed by atoms with E-state index in [4.69, 9.17) is 5.14 Å². The van der Waals surface area contributed by atoms with Gasteiger partial charge >= 0.3 is 0 Å². The normalized spacial score (nSPS) is 16.0. The van der Waals surface area contributed by atoms with Gasteiger partial charge in [-0.05, 0) is 30.9 Å². The van der Waals surface area contributed by atoms with Crippen LogP contribution in [-0.2, 0) is 14.8 Å². The average Bonchev–Trinajstić information content (AvgIpc) is 2.52. The molecule has 0 saturated carbocycles. The number of piperidine rings is 1. The summed E-state index contributed by atoms with van der Waals surface area (Å²) in [6.45, 7) is 3.25. The van der Waals surface area contributed by atoms with Gasteiger partial charge in [0.05, 0.1) is 9.82 Å². The molecular weight excluding hydrogens is 336 g/mol. The van der Waals surface area contributed by atoms with Gasteiger partial charge in [-0.3, -0.25) is 14.9 Å². The molecule has 9 nitrogen and oxygen atoms in total. The standard InChI is InChI=1S/C14H20N4O5S/c1-10(19)16-9-11-4-6-17(7-5-11)13-3-2-12(24(15,22)23)8-14(13)18(20)21/h2-3,8,11H,4-7,9H2,1H3,(H,16,19)(H2,15,22,23). The number of primary sulfonamides is 1. The lowest BCUT2D eigenvalue weighted by Crippen LogP contribution is -2.38. The van der Waals surface area contributed by atoms with Crippen molar-refractivity contribution >= 4 is 27.3 Å². The van der Waals surface area contributed by atoms with Crippen molar-refractivity contribution in [3.63, 3.8) is 0 Å². The summed E-state index contributed by atoms with van der Waals surface area (Å²) in [5, 5.41) is 19.1. The molecule has 0 unspecified atom stereocenters. The lowest BCUT2D eigenvalue weighted by atomic mass is 9.96. The molecule has 0 atom stereocenters. The zero-order valence-electron chi connectivity index (χ0n) is 13.3. The van der Waals surface area contributed by atoms with Crippen LogP contribution in [0.1, 0.15) is 19.8 Å². The molecule has 0 aromatic heterocycles. The zero-order chi connectivity index (χ0) is 17.9. The second-order valence-electron chi connectivity index (χ2n) is 5.82. The fraction of sp³-hybridized carbons (Fsp3) is 0.500. The summed E-state index contributed by atoms with van der Waals surface area (Å²) in [5.74, 6) is 0.250. The van der Waals surface area contributed by atoms with E-state index in [2.05, 4.69) is 5.32 Å². The predicted octanol–water partition coefficient (Wildman–Crippen LogP) is 0.595. The van der Waals surface area contributed by atoms with Crippen LogP contribution in [0.4, 0.5) is 11.4 Å². The Bertz CT molecular complexity index is 742. The summed E-state index contributed by atoms with van der Waals surface area (Å²) in [7, 11) is -3.99. The van der Waals surface area contributed by atoms with Gasteiger partial charge in [-0.15, -0.1) is 0 Å². The highest BCUT2D eigenvalue weighted by Gasteiger charge is 2.26. The van der Waals surface area contributed by atoms with Crippen LogP contribution < -0.4 is 15.4 Å². The minimum absolute atomic E-state index is 0.0772. The van der Waals surface area contributed by atoms with Gasteiger partial charge in [0.25, 0.3) is 5.69 Å². The highest BCUT2D eigenvalue weighted by molar-refractivity contribution is 7.89. The molecule has 1 amide bonds. The van der Waals surface area contributed by atoms with E-state index in [1.165, 1.54) is 19.1 Å². The molecule has 1 fully saturated rings. The Kier molecular flexibility index (Phi) is 5.40. The Labute approximate surface area is 140 Å². The Balaban J connectivity index is 2.15. The van der Waals surface area contributed by atoms with E-state index >= 15 is 0 Å². The van der Waals surface area contributed by atoms with Crippen LogP contribution >= 0.6 is 0 Å². The molecule has 1 saturated heterocycles. The lowest BCUT2D eigenvalue weighted by Gasteiger charge is -2.33. The molecule has 10 heteroatoms. The molecule has 0 radical (unpaired) electrons. The summed E-state index contributed by atoms with van der Waals surface area (Å²) in [4.78, 5) is 23.2. The van der Waals surface area contributed by atoms with Crippen molar-refractivity contribution in [2.75, 3.05) is 24.5 Å². The quantitative estimate of drug-likeness (QED) is 0.585. The Morgan fingerprint density at radius 3 is 2.54 bits per heavy atom. The van der Waals surface area contributed by atoms with Gasteiger partial charge in [0.1, 0.15) is 5.69 Å². The van der Waals surface area contributed by atoms with Crippen molar-refractivity contribution in [1.29, 1.82) is 0 Å². The van der Waals surface area contributed by atoms with E-state index in [0.29, 0.717) is 31.2 Å². The van der Waals surface area contributed by atoms with E-state index in [1.54, 1.807) is 0 Å². The molecule has 3 N–H and O–H groups in total. The van der Waals surface area contributed by atoms with E-state index in [1.807, 2.05) is 4.90 Å². The number of anilines is 1. The first-order chi connectivity index (χ1) is 11.2. The lowest BCUT2D eigenvalue weighted by molar-refractivity contribution is -0.384.